The number of hydrogen-bond donors (Lipinski definition) is 0. The molecule has 94 valence electrons. The Morgan fingerprint density at radius 2 is 1.44 bits per heavy atom. The number of fused-ring (bicyclic) bond motifs is 1. The summed E-state index contributed by atoms with van der Waals surface area (Å²) in [4.78, 5) is 0. The van der Waals surface area contributed by atoms with Gasteiger partial charge < -0.3 is 0 Å². The fourth-order valence-corrected chi connectivity index (χ4v) is 1.74. The van der Waals surface area contributed by atoms with Crippen molar-refractivity contribution in [1.82, 2.24) is 0 Å². The van der Waals surface area contributed by atoms with Gasteiger partial charge in [-0.3, -0.25) is 0 Å². The Hall–Kier alpha value is -1.91. The number of hydrogen-bond acceptors (Lipinski definition) is 0. The molecule has 0 N–H and O–H groups in total. The van der Waals surface area contributed by atoms with Crippen molar-refractivity contribution in [3.05, 3.63) is 59.9 Å². The summed E-state index contributed by atoms with van der Waals surface area (Å²) in [5.41, 5.74) is -0.772. The summed E-state index contributed by atoms with van der Waals surface area (Å²) >= 11 is 0. The molecule has 0 aliphatic heterocycles. The van der Waals surface area contributed by atoms with Crippen LogP contribution < -0.4 is 0 Å². The summed E-state index contributed by atoms with van der Waals surface area (Å²) in [7, 11) is 0. The molecule has 0 aromatic heterocycles. The van der Waals surface area contributed by atoms with E-state index in [2.05, 4.69) is 0 Å². The van der Waals surface area contributed by atoms with Gasteiger partial charge in [-0.1, -0.05) is 42.5 Å². The average molecular weight is 258 g/mol. The van der Waals surface area contributed by atoms with Crippen LogP contribution >= 0.6 is 0 Å². The van der Waals surface area contributed by atoms with E-state index in [1.165, 1.54) is 18.2 Å². The van der Waals surface area contributed by atoms with Crippen LogP contribution in [0.4, 0.5) is 22.0 Å². The van der Waals surface area contributed by atoms with Gasteiger partial charge in [0.25, 0.3) is 0 Å². The third-order valence-electron chi connectivity index (χ3n) is 2.57. The van der Waals surface area contributed by atoms with E-state index in [-0.39, 0.29) is 5.39 Å². The van der Waals surface area contributed by atoms with Gasteiger partial charge in [0.2, 0.25) is 5.83 Å². The van der Waals surface area contributed by atoms with Gasteiger partial charge in [-0.15, -0.1) is 0 Å². The minimum atomic E-state index is -4.33. The molecule has 5 heteroatoms. The fourth-order valence-electron chi connectivity index (χ4n) is 1.74. The number of benzene rings is 2. The first-order chi connectivity index (χ1) is 8.44. The van der Waals surface area contributed by atoms with Gasteiger partial charge in [0.15, 0.2) is 0 Å². The highest BCUT2D eigenvalue weighted by atomic mass is 19.3. The molecular weight excluding hydrogens is 251 g/mol. The summed E-state index contributed by atoms with van der Waals surface area (Å²) in [6.45, 7) is 0. The highest BCUT2D eigenvalue weighted by Crippen LogP contribution is 2.41. The molecule has 18 heavy (non-hydrogen) atoms. The largest absolute Gasteiger partial charge is 0.329 e. The van der Waals surface area contributed by atoms with Crippen molar-refractivity contribution in [2.45, 2.75) is 5.92 Å². The Labute approximate surface area is 99.3 Å². The molecule has 2 aromatic rings. The topological polar surface area (TPSA) is 0 Å². The molecule has 2 rings (SSSR count). The zero-order valence-corrected chi connectivity index (χ0v) is 8.93. The Morgan fingerprint density at radius 1 is 0.833 bits per heavy atom. The van der Waals surface area contributed by atoms with Crippen LogP contribution in [0.1, 0.15) is 5.56 Å². The lowest BCUT2D eigenvalue weighted by Gasteiger charge is -2.16. The Kier molecular flexibility index (Phi) is 3.07. The predicted octanol–water partition coefficient (Wildman–Crippen LogP) is 5.01. The van der Waals surface area contributed by atoms with Crippen LogP contribution in [0.15, 0.2) is 54.4 Å². The highest BCUT2D eigenvalue weighted by Gasteiger charge is 2.42. The molecule has 0 saturated carbocycles. The van der Waals surface area contributed by atoms with E-state index < -0.39 is 23.4 Å². The molecule has 0 amide bonds. The molecular formula is C13H7F5. The fraction of sp³-hybridized carbons (Fsp3) is 0.0769. The smallest absolute Gasteiger partial charge is 0.199 e. The van der Waals surface area contributed by atoms with Gasteiger partial charge in [0.1, 0.15) is 0 Å². The van der Waals surface area contributed by atoms with Crippen LogP contribution in [0.25, 0.3) is 10.8 Å². The lowest BCUT2D eigenvalue weighted by atomic mass is 9.99. The van der Waals surface area contributed by atoms with Crippen LogP contribution in [0.2, 0.25) is 0 Å². The van der Waals surface area contributed by atoms with Gasteiger partial charge in [-0.25, -0.2) is 0 Å². The third-order valence-corrected chi connectivity index (χ3v) is 2.57. The van der Waals surface area contributed by atoms with E-state index in [1.807, 2.05) is 0 Å². The molecule has 2 aromatic carbocycles. The van der Waals surface area contributed by atoms with Crippen LogP contribution in [0.5, 0.6) is 0 Å². The standard InChI is InChI=1S/C13H7F5/c14-11(12(15)16)13(17,18)10-7-3-5-8-4-1-2-6-9(8)10/h1-7H. The molecule has 0 spiro atoms. The molecule has 0 aliphatic carbocycles. The van der Waals surface area contributed by atoms with E-state index >= 15 is 0 Å². The maximum Gasteiger partial charge on any atom is 0.329 e. The number of allylic oxidation sites excluding steroid dienone is 1. The highest BCUT2D eigenvalue weighted by molar-refractivity contribution is 5.86. The first kappa shape index (κ1) is 12.5. The average Bonchev–Trinajstić information content (AvgIpc) is 2.36. The van der Waals surface area contributed by atoms with Crippen molar-refractivity contribution in [2.75, 3.05) is 0 Å². The van der Waals surface area contributed by atoms with Crippen LogP contribution in [0, 0.1) is 0 Å². The Morgan fingerprint density at radius 3 is 2.11 bits per heavy atom. The van der Waals surface area contributed by atoms with Crippen LogP contribution in [0.3, 0.4) is 0 Å². The second kappa shape index (κ2) is 4.40. The van der Waals surface area contributed by atoms with Crippen molar-refractivity contribution in [2.24, 2.45) is 0 Å². The quantitative estimate of drug-likeness (QED) is 0.664. The van der Waals surface area contributed by atoms with Crippen molar-refractivity contribution in [3.63, 3.8) is 0 Å². The maximum atomic E-state index is 13.6. The second-order valence-electron chi connectivity index (χ2n) is 3.68. The van der Waals surface area contributed by atoms with Gasteiger partial charge in [-0.2, -0.15) is 22.0 Å². The van der Waals surface area contributed by atoms with Crippen molar-refractivity contribution in [1.29, 1.82) is 0 Å². The normalized spacial score (nSPS) is 11.6. The lowest BCUT2D eigenvalue weighted by molar-refractivity contribution is 0.00749. The first-order valence-electron chi connectivity index (χ1n) is 5.02. The van der Waals surface area contributed by atoms with Crippen LogP contribution in [-0.2, 0) is 5.92 Å². The Balaban J connectivity index is 2.72. The SMILES string of the molecule is FC(F)=C(F)C(F)(F)c1cccc2ccccc12. The molecule has 0 radical (unpaired) electrons. The summed E-state index contributed by atoms with van der Waals surface area (Å²) in [5, 5.41) is 0.475. The number of alkyl halides is 2. The van der Waals surface area contributed by atoms with E-state index in [0.717, 1.165) is 6.07 Å². The maximum absolute atomic E-state index is 13.6. The van der Waals surface area contributed by atoms with Crippen molar-refractivity contribution >= 4 is 10.8 Å². The van der Waals surface area contributed by atoms with Gasteiger partial charge in [0.05, 0.1) is 0 Å². The van der Waals surface area contributed by atoms with E-state index in [4.69, 9.17) is 0 Å². The second-order valence-corrected chi connectivity index (χ2v) is 3.68. The summed E-state index contributed by atoms with van der Waals surface area (Å²) < 4.78 is 64.2. The minimum Gasteiger partial charge on any atom is -0.199 e. The molecule has 0 nitrogen and oxygen atoms in total. The molecule has 0 fully saturated rings. The Bertz CT molecular complexity index is 606. The summed E-state index contributed by atoms with van der Waals surface area (Å²) in [6.07, 6.45) is -3.01. The monoisotopic (exact) mass is 258 g/mol. The van der Waals surface area contributed by atoms with Gasteiger partial charge >= 0.3 is 12.0 Å². The molecule has 0 aliphatic rings. The zero-order valence-electron chi connectivity index (χ0n) is 8.93. The number of halogens is 5. The molecule has 0 saturated heterocycles. The molecule has 0 atom stereocenters. The van der Waals surface area contributed by atoms with Crippen molar-refractivity contribution in [3.8, 4) is 0 Å². The van der Waals surface area contributed by atoms with E-state index in [9.17, 15) is 22.0 Å². The molecule has 0 bridgehead atoms. The van der Waals surface area contributed by atoms with Crippen LogP contribution in [-0.4, -0.2) is 0 Å². The van der Waals surface area contributed by atoms with E-state index in [0.29, 0.717) is 5.39 Å². The van der Waals surface area contributed by atoms with Crippen molar-refractivity contribution < 1.29 is 22.0 Å². The lowest BCUT2D eigenvalue weighted by Crippen LogP contribution is -2.15. The predicted molar refractivity (Wildman–Crippen MR) is 58.2 cm³/mol. The van der Waals surface area contributed by atoms with Gasteiger partial charge in [-0.05, 0) is 10.8 Å². The minimum absolute atomic E-state index is 0.0430. The third kappa shape index (κ3) is 1.96. The molecule has 0 unspecified atom stereocenters. The first-order valence-corrected chi connectivity index (χ1v) is 5.02. The zero-order chi connectivity index (χ0) is 13.3. The van der Waals surface area contributed by atoms with Gasteiger partial charge in [0, 0.05) is 5.56 Å². The molecule has 0 heterocycles. The van der Waals surface area contributed by atoms with E-state index in [1.54, 1.807) is 18.2 Å². The summed E-state index contributed by atoms with van der Waals surface area (Å²) in [6, 6.07) is 9.73. The number of rotatable bonds is 2. The summed E-state index contributed by atoms with van der Waals surface area (Å²) in [5.74, 6) is -7.04.